The summed E-state index contributed by atoms with van der Waals surface area (Å²) in [5.41, 5.74) is 0. The van der Waals surface area contributed by atoms with Crippen molar-refractivity contribution in [2.75, 3.05) is 0 Å². The quantitative estimate of drug-likeness (QED) is 0.354. The molecule has 0 aromatic carbocycles. The number of halogens is 2. The molecule has 14 nitrogen and oxygen atoms in total. The molecule has 0 aromatic heterocycles. The molecule has 0 spiro atoms. The van der Waals surface area contributed by atoms with Crippen LogP contribution in [-0.4, -0.2) is 12.7 Å². The van der Waals surface area contributed by atoms with E-state index in [1.807, 2.05) is 0 Å². The van der Waals surface area contributed by atoms with Gasteiger partial charge in [-0.05, 0) is 0 Å². The van der Waals surface area contributed by atoms with Crippen LogP contribution in [-0.2, 0) is 17.1 Å². The van der Waals surface area contributed by atoms with E-state index in [1.165, 1.54) is 12.7 Å². The van der Waals surface area contributed by atoms with Crippen LogP contribution in [0.1, 0.15) is 0 Å². The molecule has 0 bridgehead atoms. The summed E-state index contributed by atoms with van der Waals surface area (Å²) in [6, 6.07) is 0. The van der Waals surface area contributed by atoms with Gasteiger partial charge in [0.05, 0.1) is 0 Å². The van der Waals surface area contributed by atoms with Crippen molar-refractivity contribution in [3.8, 4) is 0 Å². The van der Waals surface area contributed by atoms with Crippen molar-refractivity contribution in [1.82, 2.24) is 0 Å². The molecule has 0 fully saturated rings. The van der Waals surface area contributed by atoms with E-state index in [4.69, 9.17) is 37.3 Å². The van der Waals surface area contributed by atoms with Crippen LogP contribution in [0.5, 0.6) is 0 Å². The normalized spacial score (nSPS) is 18.7. The summed E-state index contributed by atoms with van der Waals surface area (Å²) in [6.45, 7) is 0. The van der Waals surface area contributed by atoms with Gasteiger partial charge in [-0.15, -0.1) is 40.9 Å². The fraction of sp³-hybridized carbons (Fsp3) is 0. The van der Waals surface area contributed by atoms with Crippen molar-refractivity contribution in [3.63, 3.8) is 0 Å². The van der Waals surface area contributed by atoms with E-state index in [0.717, 1.165) is 0 Å². The van der Waals surface area contributed by atoms with Crippen molar-refractivity contribution in [2.24, 2.45) is 30.4 Å². The van der Waals surface area contributed by atoms with Gasteiger partial charge in [0.25, 0.3) is 0 Å². The van der Waals surface area contributed by atoms with Crippen LogP contribution in [0.2, 0.25) is 0 Å². The summed E-state index contributed by atoms with van der Waals surface area (Å²) in [7, 11) is -9.89. The molecule has 2 aliphatic rings. The predicted molar refractivity (Wildman–Crippen MR) is 33.7 cm³/mol. The Kier molecular flexibility index (Phi) is 10.5. The van der Waals surface area contributed by atoms with Gasteiger partial charge >= 0.3 is 17.1 Å². The molecule has 2 rings (SSSR count). The van der Waals surface area contributed by atoms with Gasteiger partial charge in [-0.2, -0.15) is 0 Å². The van der Waals surface area contributed by atoms with Crippen LogP contribution in [0, 0.1) is 20.5 Å². The molecule has 0 unspecified atom stereocenters. The smallest absolute Gasteiger partial charge is 0.222 e. The number of hydrogen-bond donors (Lipinski definition) is 0. The minimum Gasteiger partial charge on any atom is -0.222 e. The van der Waals surface area contributed by atoms with Gasteiger partial charge in [0, 0.05) is 0 Å². The van der Waals surface area contributed by atoms with Crippen LogP contribution in [0.25, 0.3) is 0 Å². The molecule has 2 aliphatic heterocycles. The summed E-state index contributed by atoms with van der Waals surface area (Å²) in [5.74, 6) is 0.829. The van der Waals surface area contributed by atoms with E-state index in [-0.39, 0.29) is 17.1 Å². The molecular formula is C4H2Cl2CuN6O8. The zero-order valence-electron chi connectivity index (χ0n) is 9.16. The molecule has 0 amide bonds. The zero-order chi connectivity index (χ0) is 15.8. The van der Waals surface area contributed by atoms with Gasteiger partial charge in [-0.1, -0.05) is 0 Å². The molecule has 0 aromatic rings. The molecule has 0 saturated heterocycles. The minimum absolute atomic E-state index is 0. The van der Waals surface area contributed by atoms with Crippen molar-refractivity contribution in [2.45, 2.75) is 0 Å². The fourth-order valence-corrected chi connectivity index (χ4v) is 0.579. The maximum Gasteiger partial charge on any atom is 2.00 e. The monoisotopic (exact) mass is 395 g/mol. The molecule has 17 heteroatoms. The predicted octanol–water partition coefficient (Wildman–Crippen LogP) is -8.41. The largest absolute Gasteiger partial charge is 2.00 e. The summed E-state index contributed by atoms with van der Waals surface area (Å²) in [5, 5.41) is 14.3. The van der Waals surface area contributed by atoms with Crippen LogP contribution >= 0.6 is 0 Å². The van der Waals surface area contributed by atoms with Crippen LogP contribution in [0.3, 0.4) is 0 Å². The third-order valence-electron chi connectivity index (χ3n) is 0.968. The summed E-state index contributed by atoms with van der Waals surface area (Å²) in [4.78, 5) is 7.54. The Bertz CT molecular complexity index is 384. The van der Waals surface area contributed by atoms with Crippen molar-refractivity contribution >= 4 is 12.7 Å². The number of azo groups is 2. The Labute approximate surface area is 130 Å². The topological polar surface area (TPSA) is 259 Å². The Morgan fingerprint density at radius 3 is 1.00 bits per heavy atom. The second-order valence-electron chi connectivity index (χ2n) is 2.32. The van der Waals surface area contributed by atoms with Gasteiger partial charge in [0.15, 0.2) is 0 Å². The molecule has 0 saturated carbocycles. The second kappa shape index (κ2) is 9.90. The molecule has 0 atom stereocenters. The first-order valence-corrected chi connectivity index (χ1v) is 6.28. The summed E-state index contributed by atoms with van der Waals surface area (Å²) in [6.07, 6.45) is 2.68. The van der Waals surface area contributed by atoms with E-state index in [1.54, 1.807) is 0 Å². The van der Waals surface area contributed by atoms with E-state index in [0.29, 0.717) is 11.6 Å². The summed E-state index contributed by atoms with van der Waals surface area (Å²) >= 11 is 0. The Morgan fingerprint density at radius 1 is 0.619 bits per heavy atom. The maximum absolute atomic E-state index is 8.49. The third kappa shape index (κ3) is 19.1. The maximum atomic E-state index is 8.49. The number of nitrogens with zero attached hydrogens (tertiary/aromatic N) is 6. The van der Waals surface area contributed by atoms with Gasteiger partial charge in [-0.3, -0.25) is 0 Å². The molecule has 2 heterocycles. The molecule has 1 radical (unpaired) electrons. The molecular weight excluding hydrogens is 395 g/mol. The van der Waals surface area contributed by atoms with E-state index in [9.17, 15) is 0 Å². The first-order chi connectivity index (χ1) is 8.97. The summed E-state index contributed by atoms with van der Waals surface area (Å²) < 4.78 is 67.9. The van der Waals surface area contributed by atoms with Crippen LogP contribution < -0.4 is 37.3 Å². The van der Waals surface area contributed by atoms with E-state index in [2.05, 4.69) is 30.4 Å². The average Bonchev–Trinajstić information content (AvgIpc) is 2.85. The molecule has 0 N–H and O–H groups in total. The molecule has 121 valence electrons. The van der Waals surface area contributed by atoms with E-state index >= 15 is 0 Å². The third-order valence-corrected chi connectivity index (χ3v) is 0.968. The fourth-order valence-electron chi connectivity index (χ4n) is 0.579. The van der Waals surface area contributed by atoms with Crippen molar-refractivity contribution in [3.05, 3.63) is 11.6 Å². The van der Waals surface area contributed by atoms with E-state index < -0.39 is 20.5 Å². The van der Waals surface area contributed by atoms with Crippen molar-refractivity contribution < 1.29 is 74.8 Å². The van der Waals surface area contributed by atoms with Crippen LogP contribution in [0.4, 0.5) is 0 Å². The van der Waals surface area contributed by atoms with Gasteiger partial charge < -0.3 is 0 Å². The molecule has 0 aliphatic carbocycles. The van der Waals surface area contributed by atoms with Gasteiger partial charge in [0.1, 0.15) is 12.7 Å². The number of rotatable bonds is 0. The number of hydrogen-bond acceptors (Lipinski definition) is 14. The van der Waals surface area contributed by atoms with Crippen molar-refractivity contribution in [1.29, 1.82) is 0 Å². The minimum atomic E-state index is -4.94. The Morgan fingerprint density at radius 2 is 0.857 bits per heavy atom. The Balaban J connectivity index is 0. The first-order valence-electron chi connectivity index (χ1n) is 3.81. The molecule has 21 heavy (non-hydrogen) atoms. The average molecular weight is 397 g/mol. The van der Waals surface area contributed by atoms with Gasteiger partial charge in [-0.25, -0.2) is 47.3 Å². The Hall–Kier alpha value is -0.941. The van der Waals surface area contributed by atoms with Crippen LogP contribution in [0.15, 0.2) is 42.1 Å². The second-order valence-corrected chi connectivity index (χ2v) is 3.84. The zero-order valence-corrected chi connectivity index (χ0v) is 11.6. The SMILES string of the molecule is C1=NC(=C2N=CN=N2)N=N1.[Cu+2].[O-][Cl+3]([O-])([O-])[O-].[O-][Cl+3]([O-])([O-])[O-]. The van der Waals surface area contributed by atoms with Gasteiger partial charge in [0.2, 0.25) is 11.6 Å². The number of aliphatic imine (C=N–C) groups is 2. The first kappa shape index (κ1) is 22.3. The standard InChI is InChI=1S/C4H2N6.2ClHO4.Cu/c1-5-3(9-7-1)4-6-2-8-10-4;2*2-1(3,4)5;/h1-2H;2*(H,2,3,4,5);/q;;;+2/p-2.